The lowest BCUT2D eigenvalue weighted by Gasteiger charge is -2.45. The summed E-state index contributed by atoms with van der Waals surface area (Å²) in [5.74, 6) is -0.555. The largest absolute Gasteiger partial charge is 0.434 e. The van der Waals surface area contributed by atoms with Crippen LogP contribution in [0.15, 0.2) is 24.3 Å². The predicted molar refractivity (Wildman–Crippen MR) is 91.1 cm³/mol. The number of benzene rings is 1. The van der Waals surface area contributed by atoms with Crippen LogP contribution in [0, 0.1) is 0 Å². The first kappa shape index (κ1) is 19.6. The van der Waals surface area contributed by atoms with Gasteiger partial charge in [-0.15, -0.1) is 0 Å². The van der Waals surface area contributed by atoms with Gasteiger partial charge in [0.1, 0.15) is 5.75 Å². The smallest absolute Gasteiger partial charge is 0.387 e. The molecule has 5 nitrogen and oxygen atoms in total. The molecule has 0 radical (unpaired) electrons. The van der Waals surface area contributed by atoms with Crippen molar-refractivity contribution in [1.29, 1.82) is 0 Å². The summed E-state index contributed by atoms with van der Waals surface area (Å²) in [6.45, 7) is 7.09. The van der Waals surface area contributed by atoms with E-state index in [1.54, 1.807) is 12.1 Å². The lowest BCUT2D eigenvalue weighted by molar-refractivity contribution is -0.0948. The van der Waals surface area contributed by atoms with E-state index in [-0.39, 0.29) is 29.1 Å². The fourth-order valence-electron chi connectivity index (χ4n) is 3.03. The first-order valence-corrected chi connectivity index (χ1v) is 8.41. The third kappa shape index (κ3) is 5.37. The van der Waals surface area contributed by atoms with Crippen LogP contribution in [-0.4, -0.2) is 54.8 Å². The second kappa shape index (κ2) is 8.10. The number of rotatable bonds is 6. The Kier molecular flexibility index (Phi) is 6.35. The Bertz CT molecular complexity index is 585. The van der Waals surface area contributed by atoms with Crippen LogP contribution in [0.25, 0.3) is 0 Å². The number of para-hydroxylation sites is 1. The van der Waals surface area contributed by atoms with E-state index >= 15 is 0 Å². The van der Waals surface area contributed by atoms with Gasteiger partial charge in [-0.2, -0.15) is 8.78 Å². The molecule has 0 spiro atoms. The highest BCUT2D eigenvalue weighted by Gasteiger charge is 2.33. The van der Waals surface area contributed by atoms with E-state index in [0.717, 1.165) is 13.1 Å². The normalized spacial score (nSPS) is 22.0. The second-order valence-electron chi connectivity index (χ2n) is 7.03. The highest BCUT2D eigenvalue weighted by molar-refractivity contribution is 5.96. The van der Waals surface area contributed by atoms with Crippen molar-refractivity contribution >= 4 is 5.91 Å². The zero-order chi connectivity index (χ0) is 18.6. The van der Waals surface area contributed by atoms with E-state index in [1.807, 2.05) is 27.7 Å². The molecular weight excluding hydrogens is 330 g/mol. The Morgan fingerprint density at radius 3 is 2.52 bits per heavy atom. The highest BCUT2D eigenvalue weighted by atomic mass is 19.3. The number of carbonyl (C=O) groups excluding carboxylic acids is 1. The Balaban J connectivity index is 2.01. The number of ether oxygens (including phenoxy) is 2. The van der Waals surface area contributed by atoms with Crippen molar-refractivity contribution in [1.82, 2.24) is 10.2 Å². The van der Waals surface area contributed by atoms with Crippen molar-refractivity contribution < 1.29 is 23.0 Å². The predicted octanol–water partition coefficient (Wildman–Crippen LogP) is 2.91. The molecule has 1 heterocycles. The van der Waals surface area contributed by atoms with Crippen LogP contribution < -0.4 is 10.1 Å². The number of nitrogens with one attached hydrogen (secondary N) is 1. The summed E-state index contributed by atoms with van der Waals surface area (Å²) in [6, 6.07) is 6.00. The maximum atomic E-state index is 12.5. The maximum absolute atomic E-state index is 12.5. The molecular formula is C18H26F2N2O3. The van der Waals surface area contributed by atoms with Crippen LogP contribution in [0.2, 0.25) is 0 Å². The molecule has 7 heteroatoms. The zero-order valence-corrected chi connectivity index (χ0v) is 15.1. The zero-order valence-electron chi connectivity index (χ0n) is 15.1. The second-order valence-corrected chi connectivity index (χ2v) is 7.03. The Morgan fingerprint density at radius 2 is 1.92 bits per heavy atom. The van der Waals surface area contributed by atoms with Gasteiger partial charge in [-0.05, 0) is 39.8 Å². The minimum Gasteiger partial charge on any atom is -0.434 e. The molecule has 0 saturated carbocycles. The van der Waals surface area contributed by atoms with E-state index < -0.39 is 12.5 Å². The molecule has 1 aliphatic rings. The third-order valence-electron chi connectivity index (χ3n) is 4.30. The molecule has 0 aromatic heterocycles. The summed E-state index contributed by atoms with van der Waals surface area (Å²) in [5, 5.41) is 2.83. The molecule has 0 bridgehead atoms. The molecule has 1 fully saturated rings. The standard InChI is InChI=1S/C18H26F2N2O3/c1-12-9-22(10-13(2)24-12)18(3,4)11-21-16(23)14-7-5-6-8-15(14)25-17(19)20/h5-8,12-13,17H,9-11H2,1-4H3,(H,21,23)/t12-,13-/m0/s1. The quantitative estimate of drug-likeness (QED) is 0.852. The fourth-order valence-corrected chi connectivity index (χ4v) is 3.03. The molecule has 2 atom stereocenters. The van der Waals surface area contributed by atoms with Crippen LogP contribution in [0.4, 0.5) is 8.78 Å². The number of hydrogen-bond acceptors (Lipinski definition) is 4. The van der Waals surface area contributed by atoms with Crippen molar-refractivity contribution in [3.63, 3.8) is 0 Å². The number of carbonyl (C=O) groups is 1. The number of hydrogen-bond donors (Lipinski definition) is 1. The van der Waals surface area contributed by atoms with Gasteiger partial charge in [0.25, 0.3) is 5.91 Å². The number of nitrogens with zero attached hydrogens (tertiary/aromatic N) is 1. The van der Waals surface area contributed by atoms with E-state index in [9.17, 15) is 13.6 Å². The molecule has 1 aliphatic heterocycles. The van der Waals surface area contributed by atoms with Gasteiger partial charge in [0.2, 0.25) is 0 Å². The summed E-state index contributed by atoms with van der Waals surface area (Å²) >= 11 is 0. The van der Waals surface area contributed by atoms with Crippen molar-refractivity contribution in [3.8, 4) is 5.75 Å². The van der Waals surface area contributed by atoms with Gasteiger partial charge in [-0.3, -0.25) is 9.69 Å². The average molecular weight is 356 g/mol. The number of halogens is 2. The van der Waals surface area contributed by atoms with Gasteiger partial charge in [0, 0.05) is 25.2 Å². The van der Waals surface area contributed by atoms with Crippen LogP contribution >= 0.6 is 0 Å². The number of morpholine rings is 1. The van der Waals surface area contributed by atoms with Crippen molar-refractivity contribution in [2.45, 2.75) is 52.1 Å². The van der Waals surface area contributed by atoms with Crippen LogP contribution in [0.1, 0.15) is 38.1 Å². The minimum atomic E-state index is -2.97. The minimum absolute atomic E-state index is 0.0994. The van der Waals surface area contributed by atoms with Crippen LogP contribution in [0.5, 0.6) is 5.75 Å². The van der Waals surface area contributed by atoms with Gasteiger partial charge in [0.05, 0.1) is 17.8 Å². The molecule has 1 aromatic rings. The molecule has 1 N–H and O–H groups in total. The summed E-state index contributed by atoms with van der Waals surface area (Å²) in [7, 11) is 0. The number of amides is 1. The third-order valence-corrected chi connectivity index (χ3v) is 4.30. The molecule has 0 unspecified atom stereocenters. The summed E-state index contributed by atoms with van der Waals surface area (Å²) < 4.78 is 35.1. The monoisotopic (exact) mass is 356 g/mol. The molecule has 2 rings (SSSR count). The van der Waals surface area contributed by atoms with Crippen molar-refractivity contribution in [2.24, 2.45) is 0 Å². The molecule has 140 valence electrons. The average Bonchev–Trinajstić information content (AvgIpc) is 2.52. The van der Waals surface area contributed by atoms with Gasteiger partial charge < -0.3 is 14.8 Å². The maximum Gasteiger partial charge on any atom is 0.387 e. The van der Waals surface area contributed by atoms with E-state index in [4.69, 9.17) is 4.74 Å². The molecule has 1 aromatic carbocycles. The van der Waals surface area contributed by atoms with E-state index in [0.29, 0.717) is 6.54 Å². The molecule has 1 saturated heterocycles. The Hall–Kier alpha value is -1.73. The fraction of sp³-hybridized carbons (Fsp3) is 0.611. The van der Waals surface area contributed by atoms with Gasteiger partial charge >= 0.3 is 6.61 Å². The molecule has 0 aliphatic carbocycles. The molecule has 1 amide bonds. The first-order chi connectivity index (χ1) is 11.7. The summed E-state index contributed by atoms with van der Waals surface area (Å²) in [5.41, 5.74) is -0.192. The van der Waals surface area contributed by atoms with Crippen LogP contribution in [0.3, 0.4) is 0 Å². The Morgan fingerprint density at radius 1 is 1.32 bits per heavy atom. The SMILES string of the molecule is C[C@H]1CN(C(C)(C)CNC(=O)c2ccccc2OC(F)F)C[C@H](C)O1. The lowest BCUT2D eigenvalue weighted by atomic mass is 10.00. The topological polar surface area (TPSA) is 50.8 Å². The highest BCUT2D eigenvalue weighted by Crippen LogP contribution is 2.22. The first-order valence-electron chi connectivity index (χ1n) is 8.41. The van der Waals surface area contributed by atoms with Gasteiger partial charge in [-0.1, -0.05) is 12.1 Å². The van der Waals surface area contributed by atoms with Gasteiger partial charge in [-0.25, -0.2) is 0 Å². The van der Waals surface area contributed by atoms with E-state index in [1.165, 1.54) is 12.1 Å². The lowest BCUT2D eigenvalue weighted by Crippen LogP contribution is -2.58. The van der Waals surface area contributed by atoms with Gasteiger partial charge in [0.15, 0.2) is 0 Å². The summed E-state index contributed by atoms with van der Waals surface area (Å²) in [4.78, 5) is 14.7. The number of alkyl halides is 2. The summed E-state index contributed by atoms with van der Waals surface area (Å²) in [6.07, 6.45) is 0.248. The molecule has 25 heavy (non-hydrogen) atoms. The van der Waals surface area contributed by atoms with Crippen molar-refractivity contribution in [3.05, 3.63) is 29.8 Å². The van der Waals surface area contributed by atoms with E-state index in [2.05, 4.69) is 15.0 Å². The Labute approximate surface area is 147 Å². The van der Waals surface area contributed by atoms with Crippen molar-refractivity contribution in [2.75, 3.05) is 19.6 Å². The van der Waals surface area contributed by atoms with Crippen LogP contribution in [-0.2, 0) is 4.74 Å².